The van der Waals surface area contributed by atoms with E-state index < -0.39 is 15.6 Å². The normalized spacial score (nSPS) is 12.2. The van der Waals surface area contributed by atoms with Gasteiger partial charge in [0.15, 0.2) is 0 Å². The van der Waals surface area contributed by atoms with Crippen molar-refractivity contribution >= 4 is 16.0 Å². The summed E-state index contributed by atoms with van der Waals surface area (Å²) in [6.07, 6.45) is 0. The van der Waals surface area contributed by atoms with Gasteiger partial charge in [-0.2, -0.15) is 0 Å². The van der Waals surface area contributed by atoms with Crippen molar-refractivity contribution < 1.29 is 18.0 Å². The molecule has 0 aliphatic carbocycles. The molecule has 0 fully saturated rings. The molecule has 0 amide bonds. The molecular formula is C6H11NO4S. The zero-order valence-electron chi connectivity index (χ0n) is 7.12. The summed E-state index contributed by atoms with van der Waals surface area (Å²) in [6.45, 7) is 5.00. The SMILES string of the molecule is CC(C)(C)ONS(=O)(=O)C=C=O. The van der Waals surface area contributed by atoms with Crippen LogP contribution in [0.1, 0.15) is 20.8 Å². The minimum atomic E-state index is -3.79. The van der Waals surface area contributed by atoms with Crippen molar-refractivity contribution in [3.63, 3.8) is 0 Å². The maximum Gasteiger partial charge on any atom is 0.266 e. The molecule has 0 aliphatic rings. The Balaban J connectivity index is 4.21. The molecule has 0 saturated heterocycles. The molecule has 0 aromatic heterocycles. The predicted molar refractivity (Wildman–Crippen MR) is 43.2 cm³/mol. The molecule has 0 atom stereocenters. The summed E-state index contributed by atoms with van der Waals surface area (Å²) in [5.74, 6) is 1.14. The number of nitrogens with one attached hydrogen (secondary N) is 1. The molecule has 0 bridgehead atoms. The van der Waals surface area contributed by atoms with Crippen molar-refractivity contribution in [1.29, 1.82) is 0 Å². The van der Waals surface area contributed by atoms with Crippen LogP contribution in [0, 0.1) is 0 Å². The molecule has 0 aromatic rings. The Labute approximate surface area is 71.4 Å². The maximum atomic E-state index is 10.7. The largest absolute Gasteiger partial charge is 0.281 e. The lowest BCUT2D eigenvalue weighted by atomic mass is 10.2. The molecular weight excluding hydrogens is 182 g/mol. The van der Waals surface area contributed by atoms with Crippen molar-refractivity contribution in [3.05, 3.63) is 5.41 Å². The predicted octanol–water partition coefficient (Wildman–Crippen LogP) is -0.0188. The van der Waals surface area contributed by atoms with Gasteiger partial charge in [0.05, 0.1) is 5.60 Å². The average molecular weight is 193 g/mol. The fourth-order valence-electron chi connectivity index (χ4n) is 0.270. The zero-order valence-corrected chi connectivity index (χ0v) is 7.94. The van der Waals surface area contributed by atoms with Gasteiger partial charge >= 0.3 is 0 Å². The highest BCUT2D eigenvalue weighted by atomic mass is 32.2. The Morgan fingerprint density at radius 1 is 1.42 bits per heavy atom. The van der Waals surface area contributed by atoms with Gasteiger partial charge in [0.1, 0.15) is 11.3 Å². The molecule has 1 N–H and O–H groups in total. The topological polar surface area (TPSA) is 72.5 Å². The van der Waals surface area contributed by atoms with Crippen molar-refractivity contribution in [2.45, 2.75) is 26.4 Å². The average Bonchev–Trinajstić information content (AvgIpc) is 1.83. The number of rotatable bonds is 3. The monoisotopic (exact) mass is 193 g/mol. The van der Waals surface area contributed by atoms with Crippen LogP contribution in [0.5, 0.6) is 0 Å². The minimum absolute atomic E-state index is 0.360. The molecule has 0 radical (unpaired) electrons. The number of hydrogen-bond donors (Lipinski definition) is 1. The highest BCUT2D eigenvalue weighted by molar-refractivity contribution is 7.92. The summed E-state index contributed by atoms with van der Waals surface area (Å²) in [6, 6.07) is 0. The second-order valence-electron chi connectivity index (χ2n) is 3.08. The Bertz CT molecular complexity index is 281. The quantitative estimate of drug-likeness (QED) is 0.505. The number of carbonyl (C=O) groups excluding carboxylic acids is 1. The smallest absolute Gasteiger partial charge is 0.266 e. The molecule has 5 nitrogen and oxygen atoms in total. The van der Waals surface area contributed by atoms with Gasteiger partial charge in [-0.3, -0.25) is 4.84 Å². The summed E-state index contributed by atoms with van der Waals surface area (Å²) in [5.41, 5.74) is -0.635. The first-order valence-electron chi connectivity index (χ1n) is 3.17. The van der Waals surface area contributed by atoms with Crippen molar-refractivity contribution in [3.8, 4) is 0 Å². The minimum Gasteiger partial charge on any atom is -0.281 e. The molecule has 0 saturated carbocycles. The molecule has 70 valence electrons. The highest BCUT2D eigenvalue weighted by Gasteiger charge is 2.14. The van der Waals surface area contributed by atoms with Gasteiger partial charge in [0.2, 0.25) is 0 Å². The van der Waals surface area contributed by atoms with Crippen LogP contribution in [-0.4, -0.2) is 20.0 Å². The molecule has 0 aliphatic heterocycles. The summed E-state index contributed by atoms with van der Waals surface area (Å²) in [5, 5.41) is 0.360. The van der Waals surface area contributed by atoms with E-state index in [4.69, 9.17) is 4.84 Å². The molecule has 0 rings (SSSR count). The third kappa shape index (κ3) is 6.06. The van der Waals surface area contributed by atoms with Crippen molar-refractivity contribution in [2.24, 2.45) is 0 Å². The lowest BCUT2D eigenvalue weighted by Crippen LogP contribution is -2.32. The third-order valence-corrected chi connectivity index (χ3v) is 1.39. The van der Waals surface area contributed by atoms with E-state index in [9.17, 15) is 13.2 Å². The van der Waals surface area contributed by atoms with Gasteiger partial charge in [-0.05, 0) is 20.8 Å². The Hall–Kier alpha value is -0.680. The standard InChI is InChI=1S/C6H11NO4S/c1-6(2,3)11-7-12(9,10)5-4-8/h5,7H,1-3H3. The van der Waals surface area contributed by atoms with Gasteiger partial charge in [0, 0.05) is 0 Å². The van der Waals surface area contributed by atoms with E-state index in [1.165, 1.54) is 0 Å². The first kappa shape index (κ1) is 11.3. The lowest BCUT2D eigenvalue weighted by Gasteiger charge is -2.17. The summed E-state index contributed by atoms with van der Waals surface area (Å²) < 4.78 is 21.4. The van der Waals surface area contributed by atoms with E-state index in [0.717, 1.165) is 5.94 Å². The van der Waals surface area contributed by atoms with Crippen LogP contribution in [0.25, 0.3) is 0 Å². The van der Waals surface area contributed by atoms with E-state index in [-0.39, 0.29) is 0 Å². The summed E-state index contributed by atoms with van der Waals surface area (Å²) in [4.78, 5) is 16.1. The van der Waals surface area contributed by atoms with Gasteiger partial charge < -0.3 is 0 Å². The third-order valence-electron chi connectivity index (χ3n) is 0.667. The Kier molecular flexibility index (Phi) is 3.60. The van der Waals surface area contributed by atoms with Gasteiger partial charge in [-0.1, -0.05) is 4.89 Å². The highest BCUT2D eigenvalue weighted by Crippen LogP contribution is 2.04. The van der Waals surface area contributed by atoms with E-state index in [1.807, 2.05) is 0 Å². The van der Waals surface area contributed by atoms with Crippen LogP contribution in [0.3, 0.4) is 0 Å². The second kappa shape index (κ2) is 3.82. The molecule has 0 spiro atoms. The lowest BCUT2D eigenvalue weighted by molar-refractivity contribution is -0.0352. The first-order chi connectivity index (χ1) is 5.27. The van der Waals surface area contributed by atoms with Gasteiger partial charge in [0.25, 0.3) is 10.0 Å². The van der Waals surface area contributed by atoms with Crippen LogP contribution < -0.4 is 4.89 Å². The van der Waals surface area contributed by atoms with Crippen LogP contribution in [0.2, 0.25) is 0 Å². The second-order valence-corrected chi connectivity index (χ2v) is 4.57. The van der Waals surface area contributed by atoms with Crippen molar-refractivity contribution in [2.75, 3.05) is 0 Å². The zero-order chi connectivity index (χ0) is 9.83. The Morgan fingerprint density at radius 2 is 1.92 bits per heavy atom. The summed E-state index contributed by atoms with van der Waals surface area (Å²) >= 11 is 0. The summed E-state index contributed by atoms with van der Waals surface area (Å²) in [7, 11) is -3.79. The molecule has 0 unspecified atom stereocenters. The first-order valence-corrected chi connectivity index (χ1v) is 4.72. The van der Waals surface area contributed by atoms with Gasteiger partial charge in [-0.15, -0.1) is 0 Å². The number of sulfonamides is 1. The number of hydrogen-bond acceptors (Lipinski definition) is 4. The fourth-order valence-corrected chi connectivity index (χ4v) is 0.811. The van der Waals surface area contributed by atoms with Crippen LogP contribution in [0.4, 0.5) is 0 Å². The van der Waals surface area contributed by atoms with E-state index in [0.29, 0.717) is 5.41 Å². The van der Waals surface area contributed by atoms with E-state index in [2.05, 4.69) is 0 Å². The van der Waals surface area contributed by atoms with Crippen LogP contribution in [-0.2, 0) is 19.7 Å². The molecule has 6 heteroatoms. The van der Waals surface area contributed by atoms with Crippen molar-refractivity contribution in [1.82, 2.24) is 4.89 Å². The van der Waals surface area contributed by atoms with E-state index in [1.54, 1.807) is 25.7 Å². The molecule has 12 heavy (non-hydrogen) atoms. The van der Waals surface area contributed by atoms with Crippen LogP contribution in [0.15, 0.2) is 5.41 Å². The maximum absolute atomic E-state index is 10.7. The van der Waals surface area contributed by atoms with E-state index >= 15 is 0 Å². The molecule has 0 heterocycles. The van der Waals surface area contributed by atoms with Gasteiger partial charge in [-0.25, -0.2) is 13.2 Å². The Morgan fingerprint density at radius 3 is 2.25 bits per heavy atom. The fraction of sp³-hybridized carbons (Fsp3) is 0.667. The molecule has 0 aromatic carbocycles. The van der Waals surface area contributed by atoms with Crippen LogP contribution >= 0.6 is 0 Å².